The van der Waals surface area contributed by atoms with Gasteiger partial charge in [-0.15, -0.1) is 0 Å². The first-order valence-corrected chi connectivity index (χ1v) is 6.33. The number of nitrogens with one attached hydrogen (secondary N) is 3. The zero-order chi connectivity index (χ0) is 11.7. The fraction of sp³-hybridized carbons (Fsp3) is 0.875. The second-order valence-corrected chi connectivity index (χ2v) is 6.05. The van der Waals surface area contributed by atoms with Crippen molar-refractivity contribution in [3.05, 3.63) is 0 Å². The third-order valence-corrected chi connectivity index (χ3v) is 3.50. The molecule has 1 aliphatic rings. The summed E-state index contributed by atoms with van der Waals surface area (Å²) in [6.45, 7) is 3.56. The molecule has 0 spiro atoms. The van der Waals surface area contributed by atoms with Gasteiger partial charge in [0.25, 0.3) is 10.2 Å². The van der Waals surface area contributed by atoms with Gasteiger partial charge in [-0.05, 0) is 12.8 Å². The Morgan fingerprint density at radius 3 is 2.47 bits per heavy atom. The average molecular weight is 234 g/mol. The lowest BCUT2D eigenvalue weighted by Gasteiger charge is -2.23. The van der Waals surface area contributed by atoms with Crippen LogP contribution >= 0.6 is 0 Å². The maximum absolute atomic E-state index is 11.4. The average Bonchev–Trinajstić information content (AvgIpc) is 2.84. The number of amidine groups is 1. The van der Waals surface area contributed by atoms with Gasteiger partial charge in [0.15, 0.2) is 0 Å². The zero-order valence-electron chi connectivity index (χ0n) is 9.00. The summed E-state index contributed by atoms with van der Waals surface area (Å²) in [6, 6.07) is 0.0861. The Hall–Kier alpha value is -0.660. The summed E-state index contributed by atoms with van der Waals surface area (Å²) in [5, 5.41) is 7.28. The molecule has 0 aromatic rings. The molecule has 0 aromatic heterocycles. The van der Waals surface area contributed by atoms with Crippen molar-refractivity contribution in [2.45, 2.75) is 32.7 Å². The van der Waals surface area contributed by atoms with Crippen LogP contribution in [0.15, 0.2) is 0 Å². The van der Waals surface area contributed by atoms with E-state index in [-0.39, 0.29) is 18.4 Å². The van der Waals surface area contributed by atoms with E-state index in [2.05, 4.69) is 9.44 Å². The summed E-state index contributed by atoms with van der Waals surface area (Å²) in [5.41, 5.74) is 4.69. The predicted molar refractivity (Wildman–Crippen MR) is 58.8 cm³/mol. The highest BCUT2D eigenvalue weighted by atomic mass is 32.2. The molecule has 0 heterocycles. The largest absolute Gasteiger partial charge is 0.387 e. The van der Waals surface area contributed by atoms with E-state index < -0.39 is 15.6 Å². The minimum atomic E-state index is -3.44. The fourth-order valence-electron chi connectivity index (χ4n) is 0.833. The van der Waals surface area contributed by atoms with Crippen LogP contribution in [0.3, 0.4) is 0 Å². The highest BCUT2D eigenvalue weighted by Gasteiger charge is 2.29. The normalized spacial score (nSPS) is 17.7. The third-order valence-electron chi connectivity index (χ3n) is 2.33. The van der Waals surface area contributed by atoms with E-state index in [1.807, 2.05) is 0 Å². The molecule has 0 bridgehead atoms. The van der Waals surface area contributed by atoms with Crippen LogP contribution in [-0.4, -0.2) is 26.8 Å². The van der Waals surface area contributed by atoms with Crippen molar-refractivity contribution in [2.75, 3.05) is 6.54 Å². The number of nitrogens with two attached hydrogens (primary N) is 1. The summed E-state index contributed by atoms with van der Waals surface area (Å²) in [5.74, 6) is -0.0309. The second-order valence-electron chi connectivity index (χ2n) is 4.51. The Labute approximate surface area is 90.3 Å². The smallest absolute Gasteiger partial charge is 0.277 e. The maximum atomic E-state index is 11.4. The van der Waals surface area contributed by atoms with Gasteiger partial charge in [0, 0.05) is 18.0 Å². The molecule has 0 aliphatic heterocycles. The van der Waals surface area contributed by atoms with Crippen molar-refractivity contribution >= 4 is 16.0 Å². The molecule has 1 rings (SSSR count). The highest BCUT2D eigenvalue weighted by Crippen LogP contribution is 2.19. The van der Waals surface area contributed by atoms with Crippen molar-refractivity contribution < 1.29 is 8.42 Å². The zero-order valence-corrected chi connectivity index (χ0v) is 9.82. The first-order chi connectivity index (χ1) is 6.73. The second kappa shape index (κ2) is 4.07. The first kappa shape index (κ1) is 12.4. The number of hydrogen-bond acceptors (Lipinski definition) is 3. The van der Waals surface area contributed by atoms with Gasteiger partial charge in [0.05, 0.1) is 5.84 Å². The minimum Gasteiger partial charge on any atom is -0.387 e. The van der Waals surface area contributed by atoms with Crippen LogP contribution in [0.1, 0.15) is 26.7 Å². The molecule has 0 radical (unpaired) electrons. The van der Waals surface area contributed by atoms with Crippen LogP contribution in [0.25, 0.3) is 0 Å². The standard InChI is InChI=1S/C8H18N4O2S/c1-8(2,7(9)10)5-11-15(13,14)12-6-3-4-6/h6,11-12H,3-5H2,1-2H3,(H3,9,10). The van der Waals surface area contributed by atoms with Gasteiger partial charge in [-0.3, -0.25) is 5.41 Å². The molecule has 0 saturated heterocycles. The molecule has 6 nitrogen and oxygen atoms in total. The van der Waals surface area contributed by atoms with Gasteiger partial charge in [0.1, 0.15) is 0 Å². The van der Waals surface area contributed by atoms with Gasteiger partial charge >= 0.3 is 0 Å². The molecule has 0 atom stereocenters. The lowest BCUT2D eigenvalue weighted by molar-refractivity contribution is 0.488. The summed E-state index contributed by atoms with van der Waals surface area (Å²) in [6.07, 6.45) is 1.80. The molecule has 0 unspecified atom stereocenters. The van der Waals surface area contributed by atoms with Crippen LogP contribution in [-0.2, 0) is 10.2 Å². The Kier molecular flexibility index (Phi) is 3.37. The Morgan fingerprint density at radius 2 is 2.07 bits per heavy atom. The summed E-state index contributed by atoms with van der Waals surface area (Å²) in [4.78, 5) is 0. The topological polar surface area (TPSA) is 108 Å². The van der Waals surface area contributed by atoms with Crippen molar-refractivity contribution in [3.63, 3.8) is 0 Å². The molecule has 15 heavy (non-hydrogen) atoms. The molecule has 0 aromatic carbocycles. The van der Waals surface area contributed by atoms with Crippen molar-refractivity contribution in [1.82, 2.24) is 9.44 Å². The van der Waals surface area contributed by atoms with Gasteiger partial charge in [-0.25, -0.2) is 4.72 Å². The van der Waals surface area contributed by atoms with Gasteiger partial charge in [-0.1, -0.05) is 13.8 Å². The fourth-order valence-corrected chi connectivity index (χ4v) is 2.14. The molecule has 7 heteroatoms. The highest BCUT2D eigenvalue weighted by molar-refractivity contribution is 7.87. The number of rotatable bonds is 6. The molecule has 0 amide bonds. The van der Waals surface area contributed by atoms with E-state index in [9.17, 15) is 8.42 Å². The number of hydrogen-bond donors (Lipinski definition) is 4. The summed E-state index contributed by atoms with van der Waals surface area (Å²) < 4.78 is 27.7. The molecule has 88 valence electrons. The van der Waals surface area contributed by atoms with Crippen LogP contribution < -0.4 is 15.2 Å². The lowest BCUT2D eigenvalue weighted by Crippen LogP contribution is -2.46. The van der Waals surface area contributed by atoms with Gasteiger partial charge < -0.3 is 5.73 Å². The monoisotopic (exact) mass is 234 g/mol. The van der Waals surface area contributed by atoms with E-state index in [1.54, 1.807) is 13.8 Å². The maximum Gasteiger partial charge on any atom is 0.277 e. The van der Waals surface area contributed by atoms with Crippen LogP contribution in [0, 0.1) is 10.8 Å². The Morgan fingerprint density at radius 1 is 1.53 bits per heavy atom. The third kappa shape index (κ3) is 4.15. The minimum absolute atomic E-state index is 0.0309. The first-order valence-electron chi connectivity index (χ1n) is 4.84. The molecule has 5 N–H and O–H groups in total. The molecule has 1 aliphatic carbocycles. The quantitative estimate of drug-likeness (QED) is 0.368. The van der Waals surface area contributed by atoms with Gasteiger partial charge in [-0.2, -0.15) is 13.1 Å². The van der Waals surface area contributed by atoms with Crippen molar-refractivity contribution in [1.29, 1.82) is 5.41 Å². The van der Waals surface area contributed by atoms with Crippen molar-refractivity contribution in [2.24, 2.45) is 11.1 Å². The summed E-state index contributed by atoms with van der Waals surface area (Å²) >= 11 is 0. The van der Waals surface area contributed by atoms with Gasteiger partial charge in [0.2, 0.25) is 0 Å². The molecule has 1 saturated carbocycles. The molecule has 1 fully saturated rings. The van der Waals surface area contributed by atoms with Crippen molar-refractivity contribution in [3.8, 4) is 0 Å². The van der Waals surface area contributed by atoms with E-state index in [4.69, 9.17) is 11.1 Å². The predicted octanol–water partition coefficient (Wildman–Crippen LogP) is -0.465. The van der Waals surface area contributed by atoms with E-state index in [0.717, 1.165) is 12.8 Å². The van der Waals surface area contributed by atoms with Crippen LogP contribution in [0.4, 0.5) is 0 Å². The van der Waals surface area contributed by atoms with E-state index >= 15 is 0 Å². The summed E-state index contributed by atoms with van der Waals surface area (Å²) in [7, 11) is -3.44. The molecular weight excluding hydrogens is 216 g/mol. The van der Waals surface area contributed by atoms with E-state index in [1.165, 1.54) is 0 Å². The lowest BCUT2D eigenvalue weighted by atomic mass is 9.93. The SMILES string of the molecule is CC(C)(CNS(=O)(=O)NC1CC1)C(=N)N. The van der Waals surface area contributed by atoms with Crippen LogP contribution in [0.2, 0.25) is 0 Å². The Balaban J connectivity index is 2.44. The molecular formula is C8H18N4O2S. The van der Waals surface area contributed by atoms with E-state index in [0.29, 0.717) is 0 Å². The Bertz CT molecular complexity index is 346. The van der Waals surface area contributed by atoms with Crippen LogP contribution in [0.5, 0.6) is 0 Å².